The fourth-order valence-electron chi connectivity index (χ4n) is 1.46. The Bertz CT molecular complexity index is 286. The van der Waals surface area contributed by atoms with Crippen molar-refractivity contribution < 1.29 is 4.42 Å². The van der Waals surface area contributed by atoms with E-state index in [0.29, 0.717) is 5.41 Å². The number of hydrogen-bond donors (Lipinski definition) is 1. The van der Waals surface area contributed by atoms with Crippen LogP contribution < -0.4 is 5.32 Å². The molecule has 0 radical (unpaired) electrons. The quantitative estimate of drug-likeness (QED) is 0.768. The van der Waals surface area contributed by atoms with Crippen LogP contribution in [0.1, 0.15) is 31.3 Å². The lowest BCUT2D eigenvalue weighted by molar-refractivity contribution is 0.434. The summed E-state index contributed by atoms with van der Waals surface area (Å²) in [6.45, 7) is 6.29. The van der Waals surface area contributed by atoms with Crippen molar-refractivity contribution in [3.63, 3.8) is 0 Å². The molecule has 1 aromatic heterocycles. The topological polar surface area (TPSA) is 25.2 Å². The van der Waals surface area contributed by atoms with Crippen LogP contribution in [0.25, 0.3) is 0 Å². The van der Waals surface area contributed by atoms with Crippen LogP contribution in [-0.4, -0.2) is 6.54 Å². The van der Waals surface area contributed by atoms with Gasteiger partial charge in [-0.1, -0.05) is 6.92 Å². The van der Waals surface area contributed by atoms with E-state index in [1.54, 1.807) is 0 Å². The van der Waals surface area contributed by atoms with Crippen LogP contribution in [0.3, 0.4) is 0 Å². The van der Waals surface area contributed by atoms with E-state index < -0.39 is 0 Å². The van der Waals surface area contributed by atoms with Gasteiger partial charge in [-0.25, -0.2) is 0 Å². The summed E-state index contributed by atoms with van der Waals surface area (Å²) in [6.07, 6.45) is 2.74. The zero-order valence-electron chi connectivity index (χ0n) is 8.39. The lowest BCUT2D eigenvalue weighted by Crippen LogP contribution is -2.21. The third kappa shape index (κ3) is 2.34. The highest BCUT2D eigenvalue weighted by Gasteiger charge is 2.36. The summed E-state index contributed by atoms with van der Waals surface area (Å²) >= 11 is 0. The molecule has 2 rings (SSSR count). The van der Waals surface area contributed by atoms with Crippen molar-refractivity contribution in [1.82, 2.24) is 5.32 Å². The van der Waals surface area contributed by atoms with Crippen molar-refractivity contribution in [2.45, 2.75) is 33.2 Å². The Morgan fingerprint density at radius 2 is 2.23 bits per heavy atom. The van der Waals surface area contributed by atoms with Crippen molar-refractivity contribution in [2.24, 2.45) is 5.41 Å². The number of furan rings is 1. The van der Waals surface area contributed by atoms with Crippen LogP contribution in [0.4, 0.5) is 0 Å². The van der Waals surface area contributed by atoms with Crippen LogP contribution in [-0.2, 0) is 6.54 Å². The van der Waals surface area contributed by atoms with Gasteiger partial charge in [0.1, 0.15) is 11.5 Å². The maximum absolute atomic E-state index is 5.46. The molecular formula is C11H17NO. The van der Waals surface area contributed by atoms with E-state index >= 15 is 0 Å². The molecule has 1 heterocycles. The summed E-state index contributed by atoms with van der Waals surface area (Å²) in [5.41, 5.74) is 0.585. The van der Waals surface area contributed by atoms with Gasteiger partial charge in [0.15, 0.2) is 0 Å². The molecule has 2 heteroatoms. The molecule has 0 saturated heterocycles. The lowest BCUT2D eigenvalue weighted by Gasteiger charge is -2.07. The Kier molecular flexibility index (Phi) is 2.16. The number of nitrogens with one attached hydrogen (secondary N) is 1. The van der Waals surface area contributed by atoms with Gasteiger partial charge < -0.3 is 9.73 Å². The van der Waals surface area contributed by atoms with Crippen LogP contribution in [0.15, 0.2) is 16.5 Å². The molecule has 1 aliphatic carbocycles. The zero-order valence-corrected chi connectivity index (χ0v) is 8.39. The first kappa shape index (κ1) is 8.82. The summed E-state index contributed by atoms with van der Waals surface area (Å²) in [5.74, 6) is 2.04. The molecule has 2 nitrogen and oxygen atoms in total. The molecule has 0 aromatic carbocycles. The minimum Gasteiger partial charge on any atom is -0.465 e. The van der Waals surface area contributed by atoms with Gasteiger partial charge in [-0.3, -0.25) is 0 Å². The highest BCUT2D eigenvalue weighted by Crippen LogP contribution is 2.44. The van der Waals surface area contributed by atoms with Gasteiger partial charge in [0.25, 0.3) is 0 Å². The molecule has 1 aromatic rings. The van der Waals surface area contributed by atoms with E-state index in [4.69, 9.17) is 4.42 Å². The molecule has 1 saturated carbocycles. The molecule has 0 bridgehead atoms. The van der Waals surface area contributed by atoms with Crippen molar-refractivity contribution in [2.75, 3.05) is 6.54 Å². The Morgan fingerprint density at radius 1 is 1.46 bits per heavy atom. The van der Waals surface area contributed by atoms with E-state index in [-0.39, 0.29) is 0 Å². The number of rotatable bonds is 4. The number of aryl methyl sites for hydroxylation is 1. The standard InChI is InChI=1S/C11H17NO/c1-9-3-4-10(13-9)7-12-8-11(2)5-6-11/h3-4,12H,5-8H2,1-2H3. The van der Waals surface area contributed by atoms with Gasteiger partial charge in [0, 0.05) is 6.54 Å². The smallest absolute Gasteiger partial charge is 0.117 e. The van der Waals surface area contributed by atoms with Crippen molar-refractivity contribution in [3.8, 4) is 0 Å². The Morgan fingerprint density at radius 3 is 2.77 bits per heavy atom. The predicted molar refractivity (Wildman–Crippen MR) is 52.5 cm³/mol. The van der Waals surface area contributed by atoms with Gasteiger partial charge in [0.2, 0.25) is 0 Å². The van der Waals surface area contributed by atoms with E-state index in [9.17, 15) is 0 Å². The average molecular weight is 179 g/mol. The lowest BCUT2D eigenvalue weighted by atomic mass is 10.1. The fraction of sp³-hybridized carbons (Fsp3) is 0.636. The van der Waals surface area contributed by atoms with Gasteiger partial charge in [-0.15, -0.1) is 0 Å². The van der Waals surface area contributed by atoms with Gasteiger partial charge in [0.05, 0.1) is 6.54 Å². The summed E-state index contributed by atoms with van der Waals surface area (Å²) in [4.78, 5) is 0. The molecule has 1 N–H and O–H groups in total. The van der Waals surface area contributed by atoms with Crippen LogP contribution in [0.2, 0.25) is 0 Å². The Balaban J connectivity index is 1.73. The SMILES string of the molecule is Cc1ccc(CNCC2(C)CC2)o1. The Hall–Kier alpha value is -0.760. The Labute approximate surface area is 79.3 Å². The van der Waals surface area contributed by atoms with Crippen molar-refractivity contribution in [3.05, 3.63) is 23.7 Å². The van der Waals surface area contributed by atoms with E-state index in [1.165, 1.54) is 12.8 Å². The first-order valence-electron chi connectivity index (χ1n) is 4.94. The minimum atomic E-state index is 0.585. The third-order valence-electron chi connectivity index (χ3n) is 2.75. The normalized spacial score (nSPS) is 18.9. The second-order valence-electron chi connectivity index (χ2n) is 4.43. The average Bonchev–Trinajstić information content (AvgIpc) is 2.65. The second-order valence-corrected chi connectivity index (χ2v) is 4.43. The molecule has 0 spiro atoms. The molecule has 13 heavy (non-hydrogen) atoms. The van der Waals surface area contributed by atoms with E-state index in [1.807, 2.05) is 19.1 Å². The van der Waals surface area contributed by atoms with E-state index in [2.05, 4.69) is 12.2 Å². The van der Waals surface area contributed by atoms with Gasteiger partial charge >= 0.3 is 0 Å². The van der Waals surface area contributed by atoms with Crippen molar-refractivity contribution >= 4 is 0 Å². The molecule has 1 fully saturated rings. The molecule has 0 atom stereocenters. The molecule has 72 valence electrons. The highest BCUT2D eigenvalue weighted by molar-refractivity contribution is 5.05. The number of hydrogen-bond acceptors (Lipinski definition) is 2. The fourth-order valence-corrected chi connectivity index (χ4v) is 1.46. The molecular weight excluding hydrogens is 162 g/mol. The molecule has 0 amide bonds. The second kappa shape index (κ2) is 3.18. The van der Waals surface area contributed by atoms with Gasteiger partial charge in [-0.05, 0) is 37.3 Å². The summed E-state index contributed by atoms with van der Waals surface area (Å²) in [7, 11) is 0. The summed E-state index contributed by atoms with van der Waals surface area (Å²) in [5, 5.41) is 3.42. The first-order valence-corrected chi connectivity index (χ1v) is 4.94. The van der Waals surface area contributed by atoms with Crippen LogP contribution in [0, 0.1) is 12.3 Å². The maximum Gasteiger partial charge on any atom is 0.117 e. The minimum absolute atomic E-state index is 0.585. The van der Waals surface area contributed by atoms with Crippen LogP contribution >= 0.6 is 0 Å². The van der Waals surface area contributed by atoms with Crippen LogP contribution in [0.5, 0.6) is 0 Å². The third-order valence-corrected chi connectivity index (χ3v) is 2.75. The van der Waals surface area contributed by atoms with E-state index in [0.717, 1.165) is 24.6 Å². The largest absolute Gasteiger partial charge is 0.465 e. The molecule has 0 aliphatic heterocycles. The summed E-state index contributed by atoms with van der Waals surface area (Å²) in [6, 6.07) is 4.05. The highest BCUT2D eigenvalue weighted by atomic mass is 16.3. The maximum atomic E-state index is 5.46. The molecule has 1 aliphatic rings. The van der Waals surface area contributed by atoms with Gasteiger partial charge in [-0.2, -0.15) is 0 Å². The van der Waals surface area contributed by atoms with Crippen molar-refractivity contribution in [1.29, 1.82) is 0 Å². The summed E-state index contributed by atoms with van der Waals surface area (Å²) < 4.78 is 5.46. The first-order chi connectivity index (χ1) is 6.18. The monoisotopic (exact) mass is 179 g/mol. The molecule has 0 unspecified atom stereocenters. The zero-order chi connectivity index (χ0) is 9.31. The predicted octanol–water partition coefficient (Wildman–Crippen LogP) is 2.48.